The highest BCUT2D eigenvalue weighted by atomic mass is 16.1. The molecule has 0 spiro atoms. The van der Waals surface area contributed by atoms with Crippen LogP contribution in [-0.2, 0) is 11.3 Å². The monoisotopic (exact) mass is 282 g/mol. The molecule has 1 aliphatic rings. The van der Waals surface area contributed by atoms with Crippen LogP contribution in [0.2, 0.25) is 0 Å². The average molecular weight is 282 g/mol. The van der Waals surface area contributed by atoms with Crippen LogP contribution in [0, 0.1) is 5.92 Å². The van der Waals surface area contributed by atoms with Gasteiger partial charge in [0.15, 0.2) is 0 Å². The summed E-state index contributed by atoms with van der Waals surface area (Å²) in [6.07, 6.45) is 2.98. The third-order valence-electron chi connectivity index (χ3n) is 4.23. The van der Waals surface area contributed by atoms with Gasteiger partial charge in [0.05, 0.1) is 0 Å². The molecule has 1 atom stereocenters. The number of hydrogen-bond acceptors (Lipinski definition) is 2. The van der Waals surface area contributed by atoms with Crippen LogP contribution in [0.4, 0.5) is 0 Å². The molecule has 0 aromatic heterocycles. The zero-order valence-corrected chi connectivity index (χ0v) is 12.3. The summed E-state index contributed by atoms with van der Waals surface area (Å²) in [4.78, 5) is 12.1. The molecule has 110 valence electrons. The molecule has 0 bridgehead atoms. The molecule has 2 N–H and O–H groups in total. The van der Waals surface area contributed by atoms with E-state index in [-0.39, 0.29) is 5.91 Å². The Labute approximate surface area is 125 Å². The van der Waals surface area contributed by atoms with E-state index in [9.17, 15) is 4.79 Å². The molecule has 1 unspecified atom stereocenters. The van der Waals surface area contributed by atoms with E-state index in [2.05, 4.69) is 41.0 Å². The highest BCUT2D eigenvalue weighted by molar-refractivity contribution is 5.86. The van der Waals surface area contributed by atoms with Crippen LogP contribution in [0.15, 0.2) is 42.5 Å². The Balaban J connectivity index is 1.59. The molecule has 1 aliphatic heterocycles. The van der Waals surface area contributed by atoms with Gasteiger partial charge in [-0.25, -0.2) is 0 Å². The molecule has 3 nitrogen and oxygen atoms in total. The fourth-order valence-corrected chi connectivity index (χ4v) is 3.07. The summed E-state index contributed by atoms with van der Waals surface area (Å²) in [6.45, 7) is 2.68. The quantitative estimate of drug-likeness (QED) is 0.905. The Morgan fingerprint density at radius 2 is 2.05 bits per heavy atom. The lowest BCUT2D eigenvalue weighted by molar-refractivity contribution is -0.122. The van der Waals surface area contributed by atoms with Gasteiger partial charge < -0.3 is 10.6 Å². The van der Waals surface area contributed by atoms with Gasteiger partial charge in [-0.05, 0) is 48.2 Å². The topological polar surface area (TPSA) is 41.1 Å². The van der Waals surface area contributed by atoms with Crippen LogP contribution in [0.1, 0.15) is 24.8 Å². The first-order valence-electron chi connectivity index (χ1n) is 7.77. The lowest BCUT2D eigenvalue weighted by Crippen LogP contribution is -2.34. The van der Waals surface area contributed by atoms with E-state index >= 15 is 0 Å². The number of benzene rings is 2. The molecule has 0 saturated carbocycles. The smallest absolute Gasteiger partial charge is 0.220 e. The summed E-state index contributed by atoms with van der Waals surface area (Å²) < 4.78 is 0. The number of nitrogens with one attached hydrogen (secondary N) is 2. The Kier molecular flexibility index (Phi) is 4.51. The number of hydrogen-bond donors (Lipinski definition) is 2. The predicted molar refractivity (Wildman–Crippen MR) is 86.0 cm³/mol. The molecule has 2 aromatic carbocycles. The molecule has 1 amide bonds. The van der Waals surface area contributed by atoms with Crippen LogP contribution < -0.4 is 10.6 Å². The van der Waals surface area contributed by atoms with Crippen LogP contribution in [-0.4, -0.2) is 19.0 Å². The van der Waals surface area contributed by atoms with Crippen molar-refractivity contribution in [3.63, 3.8) is 0 Å². The van der Waals surface area contributed by atoms with E-state index in [1.165, 1.54) is 22.8 Å². The van der Waals surface area contributed by atoms with Gasteiger partial charge in [-0.3, -0.25) is 4.79 Å². The summed E-state index contributed by atoms with van der Waals surface area (Å²) in [5, 5.41) is 8.87. The van der Waals surface area contributed by atoms with Gasteiger partial charge in [0.25, 0.3) is 0 Å². The summed E-state index contributed by atoms with van der Waals surface area (Å²) in [5.41, 5.74) is 1.18. The summed E-state index contributed by atoms with van der Waals surface area (Å²) in [5.74, 6) is 0.655. The van der Waals surface area contributed by atoms with Crippen molar-refractivity contribution in [2.45, 2.75) is 25.8 Å². The first-order chi connectivity index (χ1) is 10.3. The van der Waals surface area contributed by atoms with Gasteiger partial charge in [-0.15, -0.1) is 0 Å². The highest BCUT2D eigenvalue weighted by Gasteiger charge is 2.16. The Morgan fingerprint density at radius 1 is 1.19 bits per heavy atom. The lowest BCUT2D eigenvalue weighted by atomic mass is 9.96. The maximum Gasteiger partial charge on any atom is 0.220 e. The molecule has 0 aliphatic carbocycles. The number of fused-ring (bicyclic) bond motifs is 1. The first-order valence-corrected chi connectivity index (χ1v) is 7.77. The van der Waals surface area contributed by atoms with Gasteiger partial charge >= 0.3 is 0 Å². The Morgan fingerprint density at radius 3 is 2.90 bits per heavy atom. The number of carbonyl (C=O) groups excluding carboxylic acids is 1. The van der Waals surface area contributed by atoms with E-state index in [4.69, 9.17) is 0 Å². The summed E-state index contributed by atoms with van der Waals surface area (Å²) >= 11 is 0. The molecule has 2 aromatic rings. The number of amides is 1. The van der Waals surface area contributed by atoms with E-state index in [0.29, 0.717) is 18.9 Å². The molecule has 21 heavy (non-hydrogen) atoms. The Bertz CT molecular complexity index is 612. The van der Waals surface area contributed by atoms with Crippen molar-refractivity contribution < 1.29 is 4.79 Å². The summed E-state index contributed by atoms with van der Waals surface area (Å²) in [7, 11) is 0. The minimum Gasteiger partial charge on any atom is -0.352 e. The lowest BCUT2D eigenvalue weighted by Gasteiger charge is -2.22. The minimum atomic E-state index is 0.164. The molecule has 1 fully saturated rings. The molecular weight excluding hydrogens is 260 g/mol. The maximum absolute atomic E-state index is 12.1. The second kappa shape index (κ2) is 6.72. The van der Waals surface area contributed by atoms with Crippen molar-refractivity contribution in [2.24, 2.45) is 5.92 Å². The van der Waals surface area contributed by atoms with Gasteiger partial charge in [0, 0.05) is 13.0 Å². The fraction of sp³-hybridized carbons (Fsp3) is 0.389. The largest absolute Gasteiger partial charge is 0.352 e. The van der Waals surface area contributed by atoms with Crippen LogP contribution >= 0.6 is 0 Å². The van der Waals surface area contributed by atoms with E-state index < -0.39 is 0 Å². The standard InChI is InChI=1S/C18H22N2O/c21-18(11-14-5-4-10-19-12-14)20-13-16-8-3-7-15-6-1-2-9-17(15)16/h1-3,6-9,14,19H,4-5,10-13H2,(H,20,21). The van der Waals surface area contributed by atoms with E-state index in [0.717, 1.165) is 19.5 Å². The van der Waals surface area contributed by atoms with Crippen molar-refractivity contribution in [1.29, 1.82) is 0 Å². The van der Waals surface area contributed by atoms with E-state index in [1.807, 2.05) is 12.1 Å². The fourth-order valence-electron chi connectivity index (χ4n) is 3.07. The number of rotatable bonds is 4. The second-order valence-corrected chi connectivity index (χ2v) is 5.83. The van der Waals surface area contributed by atoms with Gasteiger partial charge in [0.1, 0.15) is 0 Å². The van der Waals surface area contributed by atoms with Gasteiger partial charge in [-0.2, -0.15) is 0 Å². The van der Waals surface area contributed by atoms with Gasteiger partial charge in [0.2, 0.25) is 5.91 Å². The predicted octanol–water partition coefficient (Wildman–Crippen LogP) is 2.85. The van der Waals surface area contributed by atoms with Gasteiger partial charge in [-0.1, -0.05) is 42.5 Å². The van der Waals surface area contributed by atoms with Crippen molar-refractivity contribution in [1.82, 2.24) is 10.6 Å². The SMILES string of the molecule is O=C(CC1CCCNC1)NCc1cccc2ccccc12. The zero-order chi connectivity index (χ0) is 14.5. The molecule has 3 heteroatoms. The molecular formula is C18H22N2O. The molecule has 3 rings (SSSR count). The molecule has 1 saturated heterocycles. The summed E-state index contributed by atoms with van der Waals surface area (Å²) in [6, 6.07) is 14.5. The number of carbonyl (C=O) groups is 1. The van der Waals surface area contributed by atoms with Crippen molar-refractivity contribution in [3.05, 3.63) is 48.0 Å². The normalized spacial score (nSPS) is 18.6. The molecule has 0 radical (unpaired) electrons. The van der Waals surface area contributed by atoms with Crippen LogP contribution in [0.25, 0.3) is 10.8 Å². The number of piperidine rings is 1. The third kappa shape index (κ3) is 3.61. The minimum absolute atomic E-state index is 0.164. The molecule has 1 heterocycles. The maximum atomic E-state index is 12.1. The van der Waals surface area contributed by atoms with Crippen molar-refractivity contribution >= 4 is 16.7 Å². The second-order valence-electron chi connectivity index (χ2n) is 5.83. The van der Waals surface area contributed by atoms with Crippen molar-refractivity contribution in [2.75, 3.05) is 13.1 Å². The van der Waals surface area contributed by atoms with Crippen LogP contribution in [0.5, 0.6) is 0 Å². The average Bonchev–Trinajstić information content (AvgIpc) is 2.54. The Hall–Kier alpha value is -1.87. The highest BCUT2D eigenvalue weighted by Crippen LogP contribution is 2.18. The zero-order valence-electron chi connectivity index (χ0n) is 12.3. The van der Waals surface area contributed by atoms with E-state index in [1.54, 1.807) is 0 Å². The van der Waals surface area contributed by atoms with Crippen molar-refractivity contribution in [3.8, 4) is 0 Å². The third-order valence-corrected chi connectivity index (χ3v) is 4.23. The van der Waals surface area contributed by atoms with Crippen LogP contribution in [0.3, 0.4) is 0 Å². The first kappa shape index (κ1) is 14.1.